The Morgan fingerprint density at radius 1 is 1.07 bits per heavy atom. The van der Waals surface area contributed by atoms with Crippen molar-refractivity contribution in [1.82, 2.24) is 30.0 Å². The van der Waals surface area contributed by atoms with Gasteiger partial charge in [-0.05, 0) is 88.4 Å². The molecule has 2 aromatic rings. The zero-order valence-electron chi connectivity index (χ0n) is 32.2. The molecule has 5 heterocycles. The van der Waals surface area contributed by atoms with Crippen LogP contribution in [-0.4, -0.2) is 123 Å². The summed E-state index contributed by atoms with van der Waals surface area (Å²) in [6.07, 6.45) is -3.98. The lowest BCUT2D eigenvalue weighted by molar-refractivity contribution is -0.197. The fourth-order valence-electron chi connectivity index (χ4n) is 8.23. The first kappa shape index (κ1) is 43.8. The summed E-state index contributed by atoms with van der Waals surface area (Å²) in [4.78, 5) is 63.5. The SMILES string of the molecule is CC1(C)C(=O)N(c2cnc(C#N)c(C(F)(F)F)c2)C(=S)N1C1CCC(OCCCN2CCN(CC(=O)Nc3cc(C4CCC(=O)NC4=O)ccn3)C(C(F)(F)F)C2)CC1. The molecule has 2 N–H and O–H groups in total. The number of aromatic nitrogens is 2. The average Bonchev–Trinajstić information content (AvgIpc) is 3.34. The van der Waals surface area contributed by atoms with E-state index in [1.54, 1.807) is 29.7 Å². The van der Waals surface area contributed by atoms with Gasteiger partial charge >= 0.3 is 12.4 Å². The van der Waals surface area contributed by atoms with Crippen molar-refractivity contribution in [2.24, 2.45) is 0 Å². The maximum absolute atomic E-state index is 14.2. The number of piperidine rings is 1. The number of pyridine rings is 2. The second kappa shape index (κ2) is 17.4. The van der Waals surface area contributed by atoms with Crippen molar-refractivity contribution in [2.75, 3.05) is 49.5 Å². The standard InChI is InChI=1S/C38H43F6N9O5S/c1-36(2)34(57)52(24-17-27(37(39,40)41)28(18-45)47-19-24)35(59)53(36)23-4-6-25(7-5-23)58-15-3-12-50-13-14-51(29(20-50)38(42,43)44)21-32(55)48-30-16-22(10-11-46-30)26-8-9-31(54)49-33(26)56/h10-11,16-17,19,23,25-26,29H,3-9,12-15,20-21H2,1-2H3,(H,46,48,55)(H,49,54,56). The van der Waals surface area contributed by atoms with Crippen molar-refractivity contribution < 1.29 is 50.3 Å². The first-order chi connectivity index (χ1) is 27.8. The molecule has 3 aliphatic heterocycles. The van der Waals surface area contributed by atoms with E-state index >= 15 is 0 Å². The number of thiocarbonyl (C=S) groups is 1. The number of halogens is 6. The largest absolute Gasteiger partial charge is 0.419 e. The maximum Gasteiger partial charge on any atom is 0.419 e. The van der Waals surface area contributed by atoms with Crippen LogP contribution in [0.1, 0.15) is 81.5 Å². The lowest BCUT2D eigenvalue weighted by Gasteiger charge is -2.42. The van der Waals surface area contributed by atoms with E-state index in [9.17, 15) is 45.5 Å². The second-order valence-electron chi connectivity index (χ2n) is 15.6. The van der Waals surface area contributed by atoms with E-state index in [0.717, 1.165) is 16.0 Å². The highest BCUT2D eigenvalue weighted by Crippen LogP contribution is 2.40. The van der Waals surface area contributed by atoms with E-state index < -0.39 is 65.4 Å². The summed E-state index contributed by atoms with van der Waals surface area (Å²) in [5.41, 5.74) is -2.92. The number of nitrogens with zero attached hydrogens (tertiary/aromatic N) is 7. The maximum atomic E-state index is 14.2. The number of piperazine rings is 1. The van der Waals surface area contributed by atoms with Gasteiger partial charge in [0.1, 0.15) is 23.5 Å². The highest BCUT2D eigenvalue weighted by molar-refractivity contribution is 7.80. The lowest BCUT2D eigenvalue weighted by Crippen LogP contribution is -2.60. The van der Waals surface area contributed by atoms with Crippen molar-refractivity contribution in [3.05, 3.63) is 47.4 Å². The molecule has 0 spiro atoms. The van der Waals surface area contributed by atoms with Gasteiger partial charge in [-0.15, -0.1) is 0 Å². The van der Waals surface area contributed by atoms with Crippen LogP contribution < -0.4 is 15.5 Å². The first-order valence-electron chi connectivity index (χ1n) is 19.2. The number of imide groups is 1. The summed E-state index contributed by atoms with van der Waals surface area (Å²) in [6.45, 7) is 3.37. The molecule has 21 heteroatoms. The number of nitrogens with one attached hydrogen (secondary N) is 2. The molecule has 0 radical (unpaired) electrons. The summed E-state index contributed by atoms with van der Waals surface area (Å²) in [5.74, 6) is -2.59. The highest BCUT2D eigenvalue weighted by atomic mass is 32.1. The Morgan fingerprint density at radius 2 is 1.80 bits per heavy atom. The molecule has 1 saturated carbocycles. The number of rotatable bonds is 11. The number of carbonyl (C=O) groups excluding carboxylic acids is 4. The van der Waals surface area contributed by atoms with Crippen LogP contribution in [0.15, 0.2) is 30.6 Å². The molecule has 4 fully saturated rings. The summed E-state index contributed by atoms with van der Waals surface area (Å²) >= 11 is 5.65. The van der Waals surface area contributed by atoms with Gasteiger partial charge in [0.25, 0.3) is 5.91 Å². The van der Waals surface area contributed by atoms with Gasteiger partial charge in [-0.2, -0.15) is 31.6 Å². The molecule has 59 heavy (non-hydrogen) atoms. The predicted octanol–water partition coefficient (Wildman–Crippen LogP) is 4.50. The zero-order chi connectivity index (χ0) is 42.9. The van der Waals surface area contributed by atoms with Gasteiger partial charge in [0, 0.05) is 51.4 Å². The van der Waals surface area contributed by atoms with Crippen molar-refractivity contribution in [2.45, 2.75) is 101 Å². The smallest absolute Gasteiger partial charge is 0.378 e. The quantitative estimate of drug-likeness (QED) is 0.141. The summed E-state index contributed by atoms with van der Waals surface area (Å²) in [6, 6.07) is 3.09. The molecule has 0 aromatic carbocycles. The van der Waals surface area contributed by atoms with Crippen LogP contribution in [0.3, 0.4) is 0 Å². The zero-order valence-corrected chi connectivity index (χ0v) is 33.1. The molecule has 0 bridgehead atoms. The Bertz CT molecular complexity index is 2000. The van der Waals surface area contributed by atoms with Crippen LogP contribution in [0.5, 0.6) is 0 Å². The molecule has 3 saturated heterocycles. The fourth-order valence-corrected chi connectivity index (χ4v) is 8.80. The van der Waals surface area contributed by atoms with Crippen LogP contribution >= 0.6 is 12.2 Å². The third kappa shape index (κ3) is 9.82. The third-order valence-corrected chi connectivity index (χ3v) is 11.6. The predicted molar refractivity (Wildman–Crippen MR) is 202 cm³/mol. The lowest BCUT2D eigenvalue weighted by atomic mass is 9.89. The summed E-state index contributed by atoms with van der Waals surface area (Å²) < 4.78 is 89.8. The highest BCUT2D eigenvalue weighted by Gasteiger charge is 2.53. The van der Waals surface area contributed by atoms with E-state index in [0.29, 0.717) is 63.4 Å². The van der Waals surface area contributed by atoms with Crippen molar-refractivity contribution in [3.63, 3.8) is 0 Å². The van der Waals surface area contributed by atoms with E-state index in [2.05, 4.69) is 20.6 Å². The Morgan fingerprint density at radius 3 is 2.46 bits per heavy atom. The third-order valence-electron chi connectivity index (χ3n) is 11.2. The van der Waals surface area contributed by atoms with Crippen LogP contribution in [0, 0.1) is 11.3 Å². The number of hydrogen-bond acceptors (Lipinski definition) is 11. The van der Waals surface area contributed by atoms with Crippen molar-refractivity contribution >= 4 is 52.5 Å². The molecule has 6 rings (SSSR count). The molecule has 318 valence electrons. The molecule has 4 aliphatic rings. The molecule has 2 aromatic heterocycles. The molecule has 14 nitrogen and oxygen atoms in total. The minimum absolute atomic E-state index is 0.00790. The number of carbonyl (C=O) groups is 4. The minimum atomic E-state index is -4.87. The van der Waals surface area contributed by atoms with Crippen molar-refractivity contribution in [3.8, 4) is 6.07 Å². The molecular formula is C38H43F6N9O5S. The molecular weight excluding hydrogens is 809 g/mol. The summed E-state index contributed by atoms with van der Waals surface area (Å²) in [7, 11) is 0. The molecule has 4 amide bonds. The number of hydrogen-bond donors (Lipinski definition) is 2. The Kier molecular flexibility index (Phi) is 12.9. The van der Waals surface area contributed by atoms with Crippen LogP contribution in [0.4, 0.5) is 37.8 Å². The van der Waals surface area contributed by atoms with E-state index in [1.807, 2.05) is 0 Å². The molecule has 2 unspecified atom stereocenters. The molecule has 2 atom stereocenters. The summed E-state index contributed by atoms with van der Waals surface area (Å²) in [5, 5.41) is 14.0. The van der Waals surface area contributed by atoms with Crippen molar-refractivity contribution in [1.29, 1.82) is 5.26 Å². The van der Waals surface area contributed by atoms with Gasteiger partial charge in [0.05, 0.1) is 36.0 Å². The molecule has 1 aliphatic carbocycles. The van der Waals surface area contributed by atoms with Gasteiger partial charge in [-0.3, -0.25) is 34.3 Å². The Balaban J connectivity index is 0.956. The number of amides is 4. The minimum Gasteiger partial charge on any atom is -0.378 e. The van der Waals surface area contributed by atoms with E-state index in [1.165, 1.54) is 18.3 Å². The van der Waals surface area contributed by atoms with Crippen LogP contribution in [0.2, 0.25) is 0 Å². The topological polar surface area (TPSA) is 164 Å². The average molecular weight is 852 g/mol. The van der Waals surface area contributed by atoms with Crippen LogP contribution in [-0.2, 0) is 30.1 Å². The van der Waals surface area contributed by atoms with Gasteiger partial charge < -0.3 is 19.9 Å². The fraction of sp³-hybridized carbons (Fsp3) is 0.579. The first-order valence-corrected chi connectivity index (χ1v) is 19.6. The van der Waals surface area contributed by atoms with E-state index in [-0.39, 0.29) is 60.6 Å². The van der Waals surface area contributed by atoms with Crippen LogP contribution in [0.25, 0.3) is 0 Å². The monoisotopic (exact) mass is 851 g/mol. The van der Waals surface area contributed by atoms with E-state index in [4.69, 9.17) is 22.2 Å². The van der Waals surface area contributed by atoms with Gasteiger partial charge in [0.15, 0.2) is 10.8 Å². The second-order valence-corrected chi connectivity index (χ2v) is 15.9. The van der Waals surface area contributed by atoms with Gasteiger partial charge in [-0.25, -0.2) is 9.97 Å². The normalized spacial score (nSPS) is 24.6. The number of nitriles is 1. The Labute approximate surface area is 341 Å². The number of alkyl halides is 6. The number of anilines is 2. The Hall–Kier alpha value is -4.78. The van der Waals surface area contributed by atoms with Gasteiger partial charge in [-0.1, -0.05) is 0 Å². The number of ether oxygens (including phenoxy) is 1. The van der Waals surface area contributed by atoms with Gasteiger partial charge in [0.2, 0.25) is 17.7 Å².